The summed E-state index contributed by atoms with van der Waals surface area (Å²) in [5.41, 5.74) is 0.755. The van der Waals surface area contributed by atoms with Gasteiger partial charge in [0.15, 0.2) is 0 Å². The van der Waals surface area contributed by atoms with Crippen LogP contribution in [0.3, 0.4) is 0 Å². The Bertz CT molecular complexity index is 578. The Balaban J connectivity index is 2.57. The number of nitrogens with zero attached hydrogens (tertiary/aromatic N) is 5. The molecule has 0 aromatic carbocycles. The van der Waals surface area contributed by atoms with E-state index in [0.717, 1.165) is 4.47 Å². The predicted molar refractivity (Wildman–Crippen MR) is 63.0 cm³/mol. The number of aromatic nitrogens is 4. The lowest BCUT2D eigenvalue weighted by Crippen LogP contribution is -2.04. The van der Waals surface area contributed by atoms with Crippen LogP contribution in [0.5, 0.6) is 0 Å². The first-order chi connectivity index (χ1) is 8.00. The van der Waals surface area contributed by atoms with Gasteiger partial charge in [-0.3, -0.25) is 10.1 Å². The molecule has 7 nitrogen and oxygen atoms in total. The molecule has 8 heteroatoms. The van der Waals surface area contributed by atoms with E-state index in [1.165, 1.54) is 4.68 Å². The second-order valence-corrected chi connectivity index (χ2v) is 4.31. The fourth-order valence-electron chi connectivity index (χ4n) is 1.51. The zero-order valence-electron chi connectivity index (χ0n) is 9.09. The van der Waals surface area contributed by atoms with Crippen LogP contribution in [0.25, 0.3) is 5.95 Å². The highest BCUT2D eigenvalue weighted by Crippen LogP contribution is 2.23. The highest BCUT2D eigenvalue weighted by Gasteiger charge is 2.23. The van der Waals surface area contributed by atoms with Crippen LogP contribution in [-0.4, -0.2) is 24.7 Å². The minimum atomic E-state index is -0.451. The third-order valence-corrected chi connectivity index (χ3v) is 2.64. The van der Waals surface area contributed by atoms with Crippen LogP contribution in [0, 0.1) is 24.0 Å². The van der Waals surface area contributed by atoms with Crippen LogP contribution in [0.2, 0.25) is 0 Å². The predicted octanol–water partition coefficient (Wildman–Crippen LogP) is 1.95. The van der Waals surface area contributed by atoms with E-state index in [9.17, 15) is 10.1 Å². The fourth-order valence-corrected chi connectivity index (χ4v) is 1.71. The minimum absolute atomic E-state index is 0.00322. The van der Waals surface area contributed by atoms with Gasteiger partial charge in [0.05, 0.1) is 9.40 Å². The number of hydrogen-bond acceptors (Lipinski definition) is 5. The van der Waals surface area contributed by atoms with Crippen LogP contribution in [-0.2, 0) is 0 Å². The van der Waals surface area contributed by atoms with Gasteiger partial charge in [-0.05, 0) is 29.8 Å². The van der Waals surface area contributed by atoms with E-state index in [1.807, 2.05) is 0 Å². The molecule has 0 aliphatic heterocycles. The molecule has 0 bridgehead atoms. The zero-order valence-corrected chi connectivity index (χ0v) is 10.7. The Morgan fingerprint density at radius 2 is 1.94 bits per heavy atom. The lowest BCUT2D eigenvalue weighted by molar-refractivity contribution is -0.386. The van der Waals surface area contributed by atoms with Crippen molar-refractivity contribution in [3.63, 3.8) is 0 Å². The van der Waals surface area contributed by atoms with E-state index in [1.54, 1.807) is 26.2 Å². The summed E-state index contributed by atoms with van der Waals surface area (Å²) in [7, 11) is 0. The molecule has 2 aromatic heterocycles. The van der Waals surface area contributed by atoms with Gasteiger partial charge in [-0.25, -0.2) is 9.97 Å². The maximum absolute atomic E-state index is 10.8. The van der Waals surface area contributed by atoms with Gasteiger partial charge < -0.3 is 0 Å². The van der Waals surface area contributed by atoms with Crippen molar-refractivity contribution in [3.8, 4) is 5.95 Å². The molecule has 0 atom stereocenters. The van der Waals surface area contributed by atoms with Crippen molar-refractivity contribution >= 4 is 21.6 Å². The molecule has 2 rings (SSSR count). The van der Waals surface area contributed by atoms with Gasteiger partial charge in [-0.1, -0.05) is 0 Å². The van der Waals surface area contributed by atoms with Gasteiger partial charge >= 0.3 is 5.69 Å². The highest BCUT2D eigenvalue weighted by atomic mass is 79.9. The van der Waals surface area contributed by atoms with E-state index < -0.39 is 4.92 Å². The lowest BCUT2D eigenvalue weighted by atomic mass is 10.3. The monoisotopic (exact) mass is 297 g/mol. The van der Waals surface area contributed by atoms with E-state index in [4.69, 9.17) is 0 Å². The maximum Gasteiger partial charge on any atom is 0.313 e. The molecular weight excluding hydrogens is 290 g/mol. The third-order valence-electron chi connectivity index (χ3n) is 2.23. The first-order valence-electron chi connectivity index (χ1n) is 4.69. The standard InChI is InChI=1S/C9H8BrN5O2/c1-5-8(15(16)17)6(2)14(13-5)9-11-3-7(10)4-12-9/h3-4H,1-2H3. The van der Waals surface area contributed by atoms with Gasteiger partial charge in [-0.2, -0.15) is 9.78 Å². The van der Waals surface area contributed by atoms with E-state index >= 15 is 0 Å². The van der Waals surface area contributed by atoms with Crippen molar-refractivity contribution in [3.05, 3.63) is 38.4 Å². The van der Waals surface area contributed by atoms with Gasteiger partial charge in [-0.15, -0.1) is 0 Å². The van der Waals surface area contributed by atoms with Crippen molar-refractivity contribution in [1.82, 2.24) is 19.7 Å². The Morgan fingerprint density at radius 1 is 1.35 bits per heavy atom. The number of nitro groups is 1. The number of aryl methyl sites for hydroxylation is 1. The second kappa shape index (κ2) is 4.21. The number of rotatable bonds is 2. The molecule has 0 radical (unpaired) electrons. The smallest absolute Gasteiger partial charge is 0.258 e. The SMILES string of the molecule is Cc1nn(-c2ncc(Br)cn2)c(C)c1[N+](=O)[O-]. The molecule has 0 N–H and O–H groups in total. The molecule has 2 heterocycles. The summed E-state index contributed by atoms with van der Waals surface area (Å²) in [5.74, 6) is 0.307. The average Bonchev–Trinajstić information content (AvgIpc) is 2.55. The normalized spacial score (nSPS) is 10.5. The van der Waals surface area contributed by atoms with Crippen LogP contribution in [0.15, 0.2) is 16.9 Å². The van der Waals surface area contributed by atoms with Crippen LogP contribution in [0.4, 0.5) is 5.69 Å². The molecule has 0 saturated carbocycles. The summed E-state index contributed by atoms with van der Waals surface area (Å²) in [4.78, 5) is 18.5. The molecule has 0 aliphatic rings. The Hall–Kier alpha value is -1.83. The largest absolute Gasteiger partial charge is 0.313 e. The van der Waals surface area contributed by atoms with Gasteiger partial charge in [0.2, 0.25) is 0 Å². The quantitative estimate of drug-likeness (QED) is 0.624. The van der Waals surface area contributed by atoms with Crippen LogP contribution < -0.4 is 0 Å². The van der Waals surface area contributed by atoms with E-state index in [2.05, 4.69) is 31.0 Å². The first-order valence-corrected chi connectivity index (χ1v) is 5.48. The molecule has 0 spiro atoms. The van der Waals surface area contributed by atoms with Crippen molar-refractivity contribution in [2.45, 2.75) is 13.8 Å². The first kappa shape index (κ1) is 11.6. The number of halogens is 1. The molecule has 0 fully saturated rings. The maximum atomic E-state index is 10.8. The summed E-state index contributed by atoms with van der Waals surface area (Å²) in [5, 5.41) is 14.9. The minimum Gasteiger partial charge on any atom is -0.258 e. The molecule has 88 valence electrons. The van der Waals surface area contributed by atoms with Crippen molar-refractivity contribution in [2.24, 2.45) is 0 Å². The van der Waals surface area contributed by atoms with E-state index in [0.29, 0.717) is 17.3 Å². The molecule has 0 aliphatic carbocycles. The van der Waals surface area contributed by atoms with E-state index in [-0.39, 0.29) is 5.69 Å². The van der Waals surface area contributed by atoms with Gasteiger partial charge in [0.25, 0.3) is 5.95 Å². The van der Waals surface area contributed by atoms with Crippen LogP contribution >= 0.6 is 15.9 Å². The lowest BCUT2D eigenvalue weighted by Gasteiger charge is -2.00. The molecule has 0 amide bonds. The fraction of sp³-hybridized carbons (Fsp3) is 0.222. The van der Waals surface area contributed by atoms with Crippen molar-refractivity contribution in [2.75, 3.05) is 0 Å². The number of hydrogen-bond donors (Lipinski definition) is 0. The summed E-state index contributed by atoms with van der Waals surface area (Å²) >= 11 is 3.22. The molecule has 17 heavy (non-hydrogen) atoms. The third kappa shape index (κ3) is 2.03. The van der Waals surface area contributed by atoms with Crippen molar-refractivity contribution in [1.29, 1.82) is 0 Å². The molecule has 2 aromatic rings. The molecule has 0 unspecified atom stereocenters. The second-order valence-electron chi connectivity index (χ2n) is 3.39. The Labute approximate surface area is 105 Å². The summed E-state index contributed by atoms with van der Waals surface area (Å²) < 4.78 is 2.09. The Morgan fingerprint density at radius 3 is 2.41 bits per heavy atom. The van der Waals surface area contributed by atoms with Gasteiger partial charge in [0.1, 0.15) is 11.4 Å². The molecule has 0 saturated heterocycles. The zero-order chi connectivity index (χ0) is 12.6. The van der Waals surface area contributed by atoms with Gasteiger partial charge in [0, 0.05) is 12.4 Å². The summed E-state index contributed by atoms with van der Waals surface area (Å²) in [6.07, 6.45) is 3.12. The van der Waals surface area contributed by atoms with Crippen molar-refractivity contribution < 1.29 is 4.92 Å². The highest BCUT2D eigenvalue weighted by molar-refractivity contribution is 9.10. The summed E-state index contributed by atoms with van der Waals surface area (Å²) in [6, 6.07) is 0. The topological polar surface area (TPSA) is 86.7 Å². The molecular formula is C9H8BrN5O2. The summed E-state index contributed by atoms with van der Waals surface area (Å²) in [6.45, 7) is 3.20. The Kier molecular flexibility index (Phi) is 2.88. The van der Waals surface area contributed by atoms with Crippen LogP contribution in [0.1, 0.15) is 11.4 Å². The average molecular weight is 298 g/mol.